The number of hydrogen-bond donors (Lipinski definition) is 1. The molecule has 166 valence electrons. The molecule has 0 amide bonds. The minimum atomic E-state index is -3.55. The molecule has 1 unspecified atom stereocenters. The van der Waals surface area contributed by atoms with Crippen LogP contribution in [0, 0.1) is 0 Å². The highest BCUT2D eigenvalue weighted by atomic mass is 32.2. The highest BCUT2D eigenvalue weighted by Gasteiger charge is 2.52. The van der Waals surface area contributed by atoms with Gasteiger partial charge in [0.15, 0.2) is 6.54 Å². The summed E-state index contributed by atoms with van der Waals surface area (Å²) in [5.74, 6) is 1.07. The quantitative estimate of drug-likeness (QED) is 0.697. The Morgan fingerprint density at radius 2 is 1.77 bits per heavy atom. The number of hydrogen-bond acceptors (Lipinski definition) is 4. The summed E-state index contributed by atoms with van der Waals surface area (Å²) < 4.78 is 29.8. The van der Waals surface area contributed by atoms with Crippen LogP contribution in [0.2, 0.25) is 0 Å². The number of rotatable bonds is 6. The molecule has 2 aliphatic rings. The highest BCUT2D eigenvalue weighted by molar-refractivity contribution is 7.89. The molecule has 2 aliphatic heterocycles. The zero-order chi connectivity index (χ0) is 22.1. The van der Waals surface area contributed by atoms with Crippen molar-refractivity contribution in [2.45, 2.75) is 50.2 Å². The smallest absolute Gasteiger partial charge is 0.271 e. The van der Waals surface area contributed by atoms with Crippen LogP contribution in [0.4, 0.5) is 5.69 Å². The maximum absolute atomic E-state index is 13.1. The lowest BCUT2D eigenvalue weighted by atomic mass is 10.0. The van der Waals surface area contributed by atoms with Gasteiger partial charge in [-0.15, -0.1) is 0 Å². The molecule has 0 saturated heterocycles. The van der Waals surface area contributed by atoms with E-state index in [-0.39, 0.29) is 0 Å². The summed E-state index contributed by atoms with van der Waals surface area (Å²) in [4.78, 5) is 2.41. The molecule has 2 aromatic rings. The number of amidine groups is 1. The molecule has 0 radical (unpaired) electrons. The minimum Gasteiger partial charge on any atom is -0.346 e. The minimum absolute atomic E-state index is 0.296. The average Bonchev–Trinajstić information content (AvgIpc) is 2.93. The van der Waals surface area contributed by atoms with Crippen LogP contribution >= 0.6 is 0 Å². The molecule has 1 N–H and O–H groups in total. The Morgan fingerprint density at radius 1 is 1.03 bits per heavy atom. The molecule has 2 heterocycles. The van der Waals surface area contributed by atoms with E-state index >= 15 is 0 Å². The van der Waals surface area contributed by atoms with Gasteiger partial charge in [-0.25, -0.2) is 17.9 Å². The van der Waals surface area contributed by atoms with E-state index in [4.69, 9.17) is 0 Å². The summed E-state index contributed by atoms with van der Waals surface area (Å²) >= 11 is 0. The fourth-order valence-corrected chi connectivity index (χ4v) is 6.29. The van der Waals surface area contributed by atoms with E-state index < -0.39 is 15.7 Å². The number of aliphatic hydroxyl groups is 1. The molecule has 1 atom stereocenters. The Bertz CT molecular complexity index is 1060. The van der Waals surface area contributed by atoms with E-state index in [1.165, 1.54) is 4.31 Å². The van der Waals surface area contributed by atoms with Gasteiger partial charge in [-0.2, -0.15) is 4.31 Å². The zero-order valence-electron chi connectivity index (χ0n) is 18.4. The van der Waals surface area contributed by atoms with Gasteiger partial charge in [0.1, 0.15) is 5.69 Å². The van der Waals surface area contributed by atoms with E-state index in [1.54, 1.807) is 18.2 Å². The Morgan fingerprint density at radius 3 is 2.48 bits per heavy atom. The average molecular weight is 443 g/mol. The van der Waals surface area contributed by atoms with Crippen molar-refractivity contribution in [1.29, 1.82) is 0 Å². The van der Waals surface area contributed by atoms with Gasteiger partial charge in [-0.3, -0.25) is 0 Å². The Hall–Kier alpha value is -2.22. The van der Waals surface area contributed by atoms with E-state index in [0.717, 1.165) is 49.3 Å². The van der Waals surface area contributed by atoms with Gasteiger partial charge in [0, 0.05) is 31.1 Å². The topological polar surface area (TPSA) is 63.9 Å². The molecule has 0 saturated carbocycles. The van der Waals surface area contributed by atoms with Crippen molar-refractivity contribution in [1.82, 2.24) is 4.31 Å². The molecular formula is C24H32N3O3S+. The Balaban J connectivity index is 1.78. The third kappa shape index (κ3) is 3.90. The van der Waals surface area contributed by atoms with Gasteiger partial charge in [0.05, 0.1) is 11.4 Å². The third-order valence-electron chi connectivity index (χ3n) is 6.44. The van der Waals surface area contributed by atoms with Crippen LogP contribution in [-0.2, 0) is 15.7 Å². The number of nitrogens with zero attached hydrogens (tertiary/aromatic N) is 3. The zero-order valence-corrected chi connectivity index (χ0v) is 19.2. The predicted octanol–water partition coefficient (Wildman–Crippen LogP) is 3.37. The second-order valence-electron chi connectivity index (χ2n) is 8.23. The largest absolute Gasteiger partial charge is 0.346 e. The summed E-state index contributed by atoms with van der Waals surface area (Å²) in [6.07, 6.45) is 4.07. The van der Waals surface area contributed by atoms with Crippen molar-refractivity contribution in [2.75, 3.05) is 31.1 Å². The Labute approximate surface area is 185 Å². The molecule has 0 bridgehead atoms. The molecule has 2 aromatic carbocycles. The first-order valence-corrected chi connectivity index (χ1v) is 12.6. The van der Waals surface area contributed by atoms with Crippen LogP contribution in [0.3, 0.4) is 0 Å². The molecule has 4 rings (SSSR count). The lowest BCUT2D eigenvalue weighted by molar-refractivity contribution is -0.658. The lowest BCUT2D eigenvalue weighted by Gasteiger charge is -2.23. The monoisotopic (exact) mass is 442 g/mol. The number of benzene rings is 2. The number of β-amino-alcohol motifs (C(OH)–C–C–N with tert-alkyl or cyclic N) is 1. The normalized spacial score (nSPS) is 22.0. The molecule has 0 aromatic heterocycles. The summed E-state index contributed by atoms with van der Waals surface area (Å²) in [7, 11) is -3.55. The van der Waals surface area contributed by atoms with Crippen molar-refractivity contribution >= 4 is 21.5 Å². The van der Waals surface area contributed by atoms with E-state index in [0.29, 0.717) is 24.5 Å². The van der Waals surface area contributed by atoms with Crippen LogP contribution in [0.25, 0.3) is 0 Å². The van der Waals surface area contributed by atoms with E-state index in [1.807, 2.05) is 50.2 Å². The summed E-state index contributed by atoms with van der Waals surface area (Å²) in [5.41, 5.74) is 0.542. The first-order valence-electron chi connectivity index (χ1n) is 11.2. The molecule has 0 aliphatic carbocycles. The van der Waals surface area contributed by atoms with Gasteiger partial charge in [-0.1, -0.05) is 50.2 Å². The van der Waals surface area contributed by atoms with Gasteiger partial charge >= 0.3 is 0 Å². The fraction of sp³-hybridized carbons (Fsp3) is 0.458. The van der Waals surface area contributed by atoms with Crippen LogP contribution < -0.4 is 4.90 Å². The van der Waals surface area contributed by atoms with Crippen molar-refractivity contribution in [3.05, 3.63) is 60.2 Å². The van der Waals surface area contributed by atoms with Crippen molar-refractivity contribution in [3.8, 4) is 0 Å². The van der Waals surface area contributed by atoms with Gasteiger partial charge in [0.2, 0.25) is 10.0 Å². The second kappa shape index (κ2) is 8.73. The molecular weight excluding hydrogens is 410 g/mol. The SMILES string of the molecule is CCN(CC)S(=O)(=O)c1cccc(N2CC(O)(c3ccccc3)[N+]3=C2CCCCC3)c1. The summed E-state index contributed by atoms with van der Waals surface area (Å²) in [6.45, 7) is 5.74. The summed E-state index contributed by atoms with van der Waals surface area (Å²) in [6, 6.07) is 16.9. The van der Waals surface area contributed by atoms with Crippen LogP contribution in [0.15, 0.2) is 59.5 Å². The van der Waals surface area contributed by atoms with E-state index in [9.17, 15) is 13.5 Å². The number of sulfonamides is 1. The van der Waals surface area contributed by atoms with E-state index in [2.05, 4.69) is 9.48 Å². The van der Waals surface area contributed by atoms with Crippen molar-refractivity contribution < 1.29 is 18.1 Å². The molecule has 0 spiro atoms. The number of anilines is 1. The Kier molecular flexibility index (Phi) is 6.19. The van der Waals surface area contributed by atoms with Crippen LogP contribution in [0.5, 0.6) is 0 Å². The molecule has 0 fully saturated rings. The first-order chi connectivity index (χ1) is 14.9. The molecule has 31 heavy (non-hydrogen) atoms. The van der Waals surface area contributed by atoms with Gasteiger partial charge < -0.3 is 5.11 Å². The first kappa shape index (κ1) is 22.0. The van der Waals surface area contributed by atoms with Gasteiger partial charge in [0.25, 0.3) is 11.6 Å². The maximum atomic E-state index is 13.1. The van der Waals surface area contributed by atoms with Crippen molar-refractivity contribution in [2.24, 2.45) is 0 Å². The van der Waals surface area contributed by atoms with Gasteiger partial charge in [-0.05, 0) is 31.4 Å². The van der Waals surface area contributed by atoms with Crippen LogP contribution in [-0.4, -0.2) is 54.4 Å². The standard InChI is InChI=1S/C24H32N3O3S/c1-3-25(4-2)31(29,30)22-15-11-14-21(18-22)26-19-24(28,20-12-7-5-8-13-20)27-17-10-6-9-16-23(26)27/h5,7-8,11-15,18,28H,3-4,6,9-10,16-17,19H2,1-2H3/q+1. The predicted molar refractivity (Wildman–Crippen MR) is 123 cm³/mol. The molecule has 7 heteroatoms. The summed E-state index contributed by atoms with van der Waals surface area (Å²) in [5, 5.41) is 11.8. The lowest BCUT2D eigenvalue weighted by Crippen LogP contribution is -2.41. The maximum Gasteiger partial charge on any atom is 0.271 e. The van der Waals surface area contributed by atoms with Crippen LogP contribution in [0.1, 0.15) is 45.1 Å². The fourth-order valence-electron chi connectivity index (χ4n) is 4.79. The third-order valence-corrected chi connectivity index (χ3v) is 8.48. The highest BCUT2D eigenvalue weighted by Crippen LogP contribution is 2.36. The molecule has 6 nitrogen and oxygen atoms in total. The second-order valence-corrected chi connectivity index (χ2v) is 10.2. The van der Waals surface area contributed by atoms with Crippen molar-refractivity contribution in [3.63, 3.8) is 0 Å².